The van der Waals surface area contributed by atoms with E-state index in [4.69, 9.17) is 9.47 Å². The highest BCUT2D eigenvalue weighted by Crippen LogP contribution is 2.35. The van der Waals surface area contributed by atoms with E-state index in [0.717, 1.165) is 5.56 Å². The van der Waals surface area contributed by atoms with Crippen molar-refractivity contribution in [2.75, 3.05) is 13.2 Å². The molecule has 1 heterocycles. The Morgan fingerprint density at radius 2 is 1.64 bits per heavy atom. The van der Waals surface area contributed by atoms with Crippen LogP contribution in [0.25, 0.3) is 0 Å². The molecule has 0 fully saturated rings. The quantitative estimate of drug-likeness (QED) is 0.719. The maximum Gasteiger partial charge on any atom is 0.336 e. The minimum absolute atomic E-state index is 0.0570. The second-order valence-corrected chi connectivity index (χ2v) is 6.48. The van der Waals surface area contributed by atoms with E-state index in [9.17, 15) is 19.5 Å². The average molecular weight is 387 g/mol. The number of ether oxygens (including phenoxy) is 2. The second kappa shape index (κ2) is 9.21. The fourth-order valence-electron chi connectivity index (χ4n) is 3.35. The van der Waals surface area contributed by atoms with Crippen LogP contribution >= 0.6 is 0 Å². The summed E-state index contributed by atoms with van der Waals surface area (Å²) in [4.78, 5) is 38.1. The van der Waals surface area contributed by atoms with Gasteiger partial charge in [-0.25, -0.2) is 9.59 Å². The molecule has 1 aliphatic rings. The van der Waals surface area contributed by atoms with Gasteiger partial charge in [0.25, 0.3) is 0 Å². The van der Waals surface area contributed by atoms with E-state index in [1.807, 2.05) is 30.3 Å². The Balaban J connectivity index is 2.33. The lowest BCUT2D eigenvalue weighted by atomic mass is 9.86. The van der Waals surface area contributed by atoms with Crippen molar-refractivity contribution in [1.29, 1.82) is 0 Å². The number of carboxylic acids is 1. The van der Waals surface area contributed by atoms with Gasteiger partial charge in [-0.15, -0.1) is 0 Å². The number of carboxylic acid groups (broad SMARTS) is 1. The summed E-state index contributed by atoms with van der Waals surface area (Å²) >= 11 is 0. The maximum absolute atomic E-state index is 12.8. The number of allylic oxidation sites excluding steroid dienone is 2. The summed E-state index contributed by atoms with van der Waals surface area (Å²) in [6.45, 7) is 6.75. The van der Waals surface area contributed by atoms with Crippen molar-refractivity contribution in [3.8, 4) is 0 Å². The van der Waals surface area contributed by atoms with Crippen molar-refractivity contribution >= 4 is 17.9 Å². The molecular formula is C21H25NO6. The first-order valence-electron chi connectivity index (χ1n) is 9.06. The minimum Gasteiger partial charge on any atom is -0.478 e. The van der Waals surface area contributed by atoms with Crippen LogP contribution in [0.5, 0.6) is 0 Å². The summed E-state index contributed by atoms with van der Waals surface area (Å²) in [6, 6.07) is 9.21. The zero-order valence-corrected chi connectivity index (χ0v) is 16.5. The van der Waals surface area contributed by atoms with Crippen LogP contribution in [0.1, 0.15) is 33.3 Å². The molecule has 1 atom stereocenters. The van der Waals surface area contributed by atoms with Crippen LogP contribution in [0.2, 0.25) is 0 Å². The topological polar surface area (TPSA) is 93.1 Å². The summed E-state index contributed by atoms with van der Waals surface area (Å²) in [7, 11) is 0. The normalized spacial score (nSPS) is 16.9. The van der Waals surface area contributed by atoms with Crippen LogP contribution < -0.4 is 0 Å². The highest BCUT2D eigenvalue weighted by Gasteiger charge is 2.37. The number of hydrogen-bond donors (Lipinski definition) is 1. The Morgan fingerprint density at radius 1 is 1.04 bits per heavy atom. The molecule has 1 aromatic carbocycles. The van der Waals surface area contributed by atoms with Gasteiger partial charge < -0.3 is 19.5 Å². The summed E-state index contributed by atoms with van der Waals surface area (Å²) in [5, 5.41) is 9.65. The Bertz CT molecular complexity index is 825. The van der Waals surface area contributed by atoms with Crippen LogP contribution in [0, 0.1) is 5.92 Å². The maximum atomic E-state index is 12.8. The lowest BCUT2D eigenvalue weighted by Gasteiger charge is -2.35. The Kier molecular flexibility index (Phi) is 6.98. The second-order valence-electron chi connectivity index (χ2n) is 6.48. The molecule has 0 aliphatic carbocycles. The van der Waals surface area contributed by atoms with Gasteiger partial charge in [0.15, 0.2) is 0 Å². The fourth-order valence-corrected chi connectivity index (χ4v) is 3.35. The van der Waals surface area contributed by atoms with E-state index in [1.54, 1.807) is 27.7 Å². The van der Waals surface area contributed by atoms with Gasteiger partial charge in [-0.1, -0.05) is 37.3 Å². The molecule has 1 aromatic rings. The summed E-state index contributed by atoms with van der Waals surface area (Å²) in [5.74, 6) is -2.91. The Hall–Kier alpha value is -3.09. The zero-order valence-electron chi connectivity index (χ0n) is 16.5. The molecule has 1 unspecified atom stereocenters. The fraction of sp³-hybridized carbons (Fsp3) is 0.381. The molecule has 0 aromatic heterocycles. The average Bonchev–Trinajstić information content (AvgIpc) is 2.64. The van der Waals surface area contributed by atoms with E-state index in [-0.39, 0.29) is 30.9 Å². The standard InChI is InChI=1S/C21H25NO6/c1-5-27-17(23)11-22-14(3)18(20(24)25)13(2)19(15(22)4)21(26)28-12-16-9-7-6-8-10-16/h6-10,13H,5,11-12H2,1-4H3,(H,24,25). The molecular weight excluding hydrogens is 362 g/mol. The minimum atomic E-state index is -1.14. The van der Waals surface area contributed by atoms with Crippen molar-refractivity contribution in [2.45, 2.75) is 34.3 Å². The molecule has 0 radical (unpaired) electrons. The molecule has 1 N–H and O–H groups in total. The predicted molar refractivity (Wildman–Crippen MR) is 102 cm³/mol. The highest BCUT2D eigenvalue weighted by molar-refractivity contribution is 5.97. The van der Waals surface area contributed by atoms with Crippen molar-refractivity contribution < 1.29 is 29.0 Å². The van der Waals surface area contributed by atoms with E-state index in [2.05, 4.69) is 0 Å². The molecule has 150 valence electrons. The molecule has 0 amide bonds. The number of hydrogen-bond acceptors (Lipinski definition) is 6. The lowest BCUT2D eigenvalue weighted by Crippen LogP contribution is -2.37. The molecule has 2 rings (SSSR count). The third-order valence-corrected chi connectivity index (χ3v) is 4.71. The molecule has 0 saturated heterocycles. The molecule has 0 spiro atoms. The van der Waals surface area contributed by atoms with E-state index >= 15 is 0 Å². The Labute approximate surface area is 164 Å². The molecule has 7 nitrogen and oxygen atoms in total. The van der Waals surface area contributed by atoms with E-state index < -0.39 is 23.8 Å². The predicted octanol–water partition coefficient (Wildman–Crippen LogP) is 2.88. The number of nitrogens with zero attached hydrogens (tertiary/aromatic N) is 1. The van der Waals surface area contributed by atoms with Crippen molar-refractivity contribution in [3.05, 3.63) is 58.4 Å². The number of rotatable bonds is 7. The van der Waals surface area contributed by atoms with Gasteiger partial charge in [0.05, 0.1) is 17.8 Å². The summed E-state index contributed by atoms with van der Waals surface area (Å²) in [5.41, 5.74) is 2.00. The van der Waals surface area contributed by atoms with Gasteiger partial charge >= 0.3 is 17.9 Å². The molecule has 0 saturated carbocycles. The van der Waals surface area contributed by atoms with E-state index in [1.165, 1.54) is 4.90 Å². The van der Waals surface area contributed by atoms with Crippen LogP contribution in [0.15, 0.2) is 52.9 Å². The third-order valence-electron chi connectivity index (χ3n) is 4.71. The molecule has 28 heavy (non-hydrogen) atoms. The van der Waals surface area contributed by atoms with Crippen LogP contribution in [-0.2, 0) is 30.5 Å². The SMILES string of the molecule is CCOC(=O)CN1C(C)=C(C(=O)O)C(C)C(C(=O)OCc2ccccc2)=C1C. The lowest BCUT2D eigenvalue weighted by molar-refractivity contribution is -0.145. The molecule has 1 aliphatic heterocycles. The third kappa shape index (κ3) is 4.60. The van der Waals surface area contributed by atoms with Gasteiger partial charge in [-0.3, -0.25) is 4.79 Å². The largest absolute Gasteiger partial charge is 0.478 e. The van der Waals surface area contributed by atoms with E-state index in [0.29, 0.717) is 11.4 Å². The summed E-state index contributed by atoms with van der Waals surface area (Å²) in [6.07, 6.45) is 0. The van der Waals surface area contributed by atoms with Crippen molar-refractivity contribution in [1.82, 2.24) is 4.90 Å². The van der Waals surface area contributed by atoms with Gasteiger partial charge in [-0.05, 0) is 26.3 Å². The van der Waals surface area contributed by atoms with Crippen molar-refractivity contribution in [3.63, 3.8) is 0 Å². The highest BCUT2D eigenvalue weighted by atomic mass is 16.5. The zero-order chi connectivity index (χ0) is 20.8. The van der Waals surface area contributed by atoms with Gasteiger partial charge in [0, 0.05) is 17.3 Å². The molecule has 0 bridgehead atoms. The van der Waals surface area contributed by atoms with Crippen molar-refractivity contribution in [2.24, 2.45) is 5.92 Å². The number of carbonyl (C=O) groups excluding carboxylic acids is 2. The first-order chi connectivity index (χ1) is 13.3. The molecule has 7 heteroatoms. The summed E-state index contributed by atoms with van der Waals surface area (Å²) < 4.78 is 10.4. The van der Waals surface area contributed by atoms with Crippen LogP contribution in [0.3, 0.4) is 0 Å². The monoisotopic (exact) mass is 387 g/mol. The first-order valence-corrected chi connectivity index (χ1v) is 9.06. The van der Waals surface area contributed by atoms with Gasteiger partial charge in [0.2, 0.25) is 0 Å². The smallest absolute Gasteiger partial charge is 0.336 e. The van der Waals surface area contributed by atoms with Gasteiger partial charge in [-0.2, -0.15) is 0 Å². The number of aliphatic carboxylic acids is 1. The number of carbonyl (C=O) groups is 3. The first kappa shape index (κ1) is 21.2. The number of benzene rings is 1. The number of esters is 2. The van der Waals surface area contributed by atoms with Crippen LogP contribution in [0.4, 0.5) is 0 Å². The van der Waals surface area contributed by atoms with Gasteiger partial charge in [0.1, 0.15) is 13.2 Å². The Morgan fingerprint density at radius 3 is 2.21 bits per heavy atom. The van der Waals surface area contributed by atoms with Crippen LogP contribution in [-0.4, -0.2) is 41.1 Å².